The van der Waals surface area contributed by atoms with Gasteiger partial charge in [-0.15, -0.1) is 0 Å². The zero-order chi connectivity index (χ0) is 15.4. The number of ketones is 1. The lowest BCUT2D eigenvalue weighted by atomic mass is 9.59. The summed E-state index contributed by atoms with van der Waals surface area (Å²) in [4.78, 5) is 16.4. The Morgan fingerprint density at radius 3 is 2.32 bits per heavy atom. The van der Waals surface area contributed by atoms with Gasteiger partial charge in [-0.2, -0.15) is 0 Å². The van der Waals surface area contributed by atoms with E-state index in [0.717, 1.165) is 32.6 Å². The van der Waals surface area contributed by atoms with Gasteiger partial charge in [0.05, 0.1) is 18.7 Å². The molecule has 118 valence electrons. The Kier molecular flexibility index (Phi) is 3.21. The molecule has 4 aliphatic rings. The maximum atomic E-state index is 13.1. The molecule has 0 radical (unpaired) electrons. The Bertz CT molecular complexity index is 566. The third kappa shape index (κ3) is 1.92. The van der Waals surface area contributed by atoms with E-state index >= 15 is 0 Å². The third-order valence-corrected chi connectivity index (χ3v) is 6.35. The first-order valence-electron chi connectivity index (χ1n) is 8.87. The summed E-state index contributed by atoms with van der Waals surface area (Å²) in [6, 6.07) is 11.0. The number of benzene rings is 1. The van der Waals surface area contributed by atoms with Gasteiger partial charge in [-0.3, -0.25) is 14.6 Å². The van der Waals surface area contributed by atoms with Crippen molar-refractivity contribution in [1.29, 1.82) is 0 Å². The molecule has 4 saturated heterocycles. The number of carbonyl (C=O) groups excluding carboxylic acids is 1. The lowest BCUT2D eigenvalue weighted by molar-refractivity contribution is -1.18. The average molecular weight is 300 g/mol. The Hall–Kier alpha value is -1.19. The molecular weight excluding hydrogens is 272 g/mol. The summed E-state index contributed by atoms with van der Waals surface area (Å²) < 4.78 is 0. The molecule has 5 rings (SSSR count). The molecule has 0 amide bonds. The van der Waals surface area contributed by atoms with Crippen LogP contribution in [0.4, 0.5) is 0 Å². The molecule has 1 aromatic carbocycles. The minimum atomic E-state index is -0.0831. The van der Waals surface area contributed by atoms with E-state index in [-0.39, 0.29) is 10.8 Å². The van der Waals surface area contributed by atoms with Crippen molar-refractivity contribution in [3.8, 4) is 0 Å². The van der Waals surface area contributed by atoms with E-state index in [1.54, 1.807) is 9.80 Å². The van der Waals surface area contributed by atoms with Gasteiger partial charge in [0.2, 0.25) is 6.17 Å². The van der Waals surface area contributed by atoms with Crippen LogP contribution in [0.1, 0.15) is 44.8 Å². The summed E-state index contributed by atoms with van der Waals surface area (Å²) >= 11 is 0. The molecule has 2 unspecified atom stereocenters. The van der Waals surface area contributed by atoms with Crippen molar-refractivity contribution >= 4 is 5.78 Å². The van der Waals surface area contributed by atoms with Gasteiger partial charge in [-0.25, -0.2) is 0 Å². The highest BCUT2D eigenvalue weighted by Crippen LogP contribution is 2.39. The smallest absolute Gasteiger partial charge is 0.240 e. The summed E-state index contributed by atoms with van der Waals surface area (Å²) in [6.45, 7) is 8.65. The fraction of sp³-hybridized carbons (Fsp3) is 0.632. The van der Waals surface area contributed by atoms with Gasteiger partial charge in [0.1, 0.15) is 23.9 Å². The molecule has 22 heavy (non-hydrogen) atoms. The molecule has 1 aromatic rings. The highest BCUT2D eigenvalue weighted by Gasteiger charge is 2.69. The van der Waals surface area contributed by atoms with Gasteiger partial charge in [-0.1, -0.05) is 38.0 Å². The monoisotopic (exact) mass is 300 g/mol. The topological polar surface area (TPSA) is 26.0 Å². The quantitative estimate of drug-likeness (QED) is 0.819. The first-order valence-corrected chi connectivity index (χ1v) is 8.87. The van der Waals surface area contributed by atoms with Crippen molar-refractivity contribution in [3.05, 3.63) is 35.9 Å². The molecule has 2 atom stereocenters. The van der Waals surface area contributed by atoms with Crippen molar-refractivity contribution in [2.45, 2.75) is 39.3 Å². The fourth-order valence-corrected chi connectivity index (χ4v) is 5.70. The van der Waals surface area contributed by atoms with Crippen LogP contribution in [0.15, 0.2) is 30.3 Å². The van der Waals surface area contributed by atoms with Crippen molar-refractivity contribution < 1.29 is 14.6 Å². The van der Waals surface area contributed by atoms with E-state index in [9.17, 15) is 4.79 Å². The zero-order valence-corrected chi connectivity index (χ0v) is 13.8. The van der Waals surface area contributed by atoms with E-state index < -0.39 is 0 Å². The van der Waals surface area contributed by atoms with E-state index in [1.165, 1.54) is 18.4 Å². The van der Waals surface area contributed by atoms with Gasteiger partial charge < -0.3 is 0 Å². The molecule has 0 spiro atoms. The first-order chi connectivity index (χ1) is 10.6. The molecule has 0 aliphatic carbocycles. The van der Waals surface area contributed by atoms with Crippen LogP contribution >= 0.6 is 0 Å². The predicted octanol–water partition coefficient (Wildman–Crippen LogP) is 0.248. The van der Waals surface area contributed by atoms with E-state index in [4.69, 9.17) is 0 Å². The second-order valence-corrected chi connectivity index (χ2v) is 8.14. The maximum absolute atomic E-state index is 13.1. The molecule has 4 bridgehead atoms. The molecule has 2 N–H and O–H groups in total. The SMILES string of the molecule is CCCCC12C[NH+]3CC(C)(C[NH+](C1)C3c1ccccc1)C2=O. The molecule has 4 heterocycles. The molecule has 4 fully saturated rings. The van der Waals surface area contributed by atoms with Gasteiger partial charge in [0.25, 0.3) is 0 Å². The number of unbranched alkanes of at least 4 members (excludes halogenated alkanes) is 1. The standard InChI is InChI=1S/C19H26N2O/c1-3-4-10-19-13-20-11-18(2,17(19)22)12-21(14-19)16(20)15-8-6-5-7-9-15/h5-9,16H,3-4,10-14H2,1-2H3/p+2. The summed E-state index contributed by atoms with van der Waals surface area (Å²) in [7, 11) is 0. The molecular formula is C19H28N2O+2. The van der Waals surface area contributed by atoms with E-state index in [2.05, 4.69) is 44.2 Å². The van der Waals surface area contributed by atoms with Gasteiger partial charge in [-0.05, 0) is 25.5 Å². The number of quaternary nitrogens is 2. The minimum Gasteiger partial charge on any atom is -0.297 e. The maximum Gasteiger partial charge on any atom is 0.240 e. The van der Waals surface area contributed by atoms with Crippen LogP contribution in [0, 0.1) is 10.8 Å². The van der Waals surface area contributed by atoms with Gasteiger partial charge in [0.15, 0.2) is 5.78 Å². The predicted molar refractivity (Wildman–Crippen MR) is 85.6 cm³/mol. The Morgan fingerprint density at radius 2 is 1.73 bits per heavy atom. The Labute approximate surface area is 133 Å². The summed E-state index contributed by atoms with van der Waals surface area (Å²) in [5.41, 5.74) is 1.34. The van der Waals surface area contributed by atoms with Crippen LogP contribution in [0.25, 0.3) is 0 Å². The van der Waals surface area contributed by atoms with Crippen LogP contribution < -0.4 is 9.80 Å². The van der Waals surface area contributed by atoms with Gasteiger partial charge in [0, 0.05) is 0 Å². The van der Waals surface area contributed by atoms with Crippen LogP contribution in [0.2, 0.25) is 0 Å². The van der Waals surface area contributed by atoms with E-state index in [0.29, 0.717) is 11.9 Å². The lowest BCUT2D eigenvalue weighted by Gasteiger charge is -2.59. The Balaban J connectivity index is 1.69. The summed E-state index contributed by atoms with van der Waals surface area (Å²) in [6.07, 6.45) is 4.03. The third-order valence-electron chi connectivity index (χ3n) is 6.35. The number of carbonyl (C=O) groups is 1. The second-order valence-electron chi connectivity index (χ2n) is 8.14. The zero-order valence-electron chi connectivity index (χ0n) is 13.8. The van der Waals surface area contributed by atoms with Crippen LogP contribution in [-0.2, 0) is 4.79 Å². The number of rotatable bonds is 4. The number of nitrogens with one attached hydrogen (secondary N) is 2. The summed E-state index contributed by atoms with van der Waals surface area (Å²) in [5, 5.41) is 0. The van der Waals surface area contributed by atoms with Crippen LogP contribution in [0.3, 0.4) is 0 Å². The lowest BCUT2D eigenvalue weighted by Crippen LogP contribution is -3.41. The fourth-order valence-electron chi connectivity index (χ4n) is 5.70. The molecule has 0 saturated carbocycles. The van der Waals surface area contributed by atoms with Crippen molar-refractivity contribution in [1.82, 2.24) is 0 Å². The molecule has 0 aromatic heterocycles. The number of hydrogen-bond donors (Lipinski definition) is 2. The van der Waals surface area contributed by atoms with Gasteiger partial charge >= 0.3 is 0 Å². The van der Waals surface area contributed by atoms with Crippen molar-refractivity contribution in [2.24, 2.45) is 10.8 Å². The first kappa shape index (κ1) is 14.4. The normalized spacial score (nSPS) is 42.8. The van der Waals surface area contributed by atoms with Crippen molar-refractivity contribution in [3.63, 3.8) is 0 Å². The minimum absolute atomic E-state index is 0.0305. The van der Waals surface area contributed by atoms with E-state index in [1.807, 2.05) is 0 Å². The average Bonchev–Trinajstić information content (AvgIpc) is 2.50. The molecule has 3 nitrogen and oxygen atoms in total. The van der Waals surface area contributed by atoms with Crippen LogP contribution in [-0.4, -0.2) is 32.0 Å². The van der Waals surface area contributed by atoms with Crippen molar-refractivity contribution in [2.75, 3.05) is 26.2 Å². The number of hydrogen-bond acceptors (Lipinski definition) is 1. The highest BCUT2D eigenvalue weighted by atomic mass is 16.1. The second kappa shape index (κ2) is 4.90. The molecule has 3 heteroatoms. The number of Topliss-reactive ketones (excluding diaryl/α,β-unsaturated/α-hetero) is 1. The number of piperidine rings is 2. The Morgan fingerprint density at radius 1 is 1.09 bits per heavy atom. The highest BCUT2D eigenvalue weighted by molar-refractivity contribution is 5.91. The largest absolute Gasteiger partial charge is 0.297 e. The van der Waals surface area contributed by atoms with Crippen LogP contribution in [0.5, 0.6) is 0 Å². The molecule has 4 aliphatic heterocycles. The summed E-state index contributed by atoms with van der Waals surface area (Å²) in [5.74, 6) is 0.590.